The van der Waals surface area contributed by atoms with E-state index in [9.17, 15) is 24.2 Å². The lowest BCUT2D eigenvalue weighted by atomic mass is 9.86. The number of nitrogens with one attached hydrogen (secondary N) is 2. The highest BCUT2D eigenvalue weighted by Gasteiger charge is 2.45. The summed E-state index contributed by atoms with van der Waals surface area (Å²) in [7, 11) is 0. The Kier molecular flexibility index (Phi) is 9.84. The summed E-state index contributed by atoms with van der Waals surface area (Å²) in [6.45, 7) is 7.31. The average molecular weight is 605 g/mol. The molecule has 3 unspecified atom stereocenters. The molecule has 3 rings (SSSR count). The number of rotatable bonds is 9. The number of aliphatic hydroxyl groups is 1. The fourth-order valence-corrected chi connectivity index (χ4v) is 4.68. The van der Waals surface area contributed by atoms with Crippen molar-refractivity contribution in [2.24, 2.45) is 0 Å². The standard InChI is InChI=1S/C28H34F2N6O5S/c1-18(28(40,15-35-17-31-16-32-35)21-12-11-20(29)13-22(21)30)36(34-25(39)41-26(2,3)4)24(42)33-27(5,23(37)38)14-19-9-7-6-8-10-19/h6-13,16-18,40H,14-15H2,1-5H3,(H,33,42)(H,34,39)(H,37,38). The number of nitrogens with zero attached hydrogens (tertiary/aromatic N) is 4. The summed E-state index contributed by atoms with van der Waals surface area (Å²) in [6.07, 6.45) is 1.49. The molecule has 0 spiro atoms. The van der Waals surface area contributed by atoms with Crippen LogP contribution in [-0.2, 0) is 28.1 Å². The van der Waals surface area contributed by atoms with Crippen molar-refractivity contribution in [1.82, 2.24) is 30.5 Å². The number of aromatic nitrogens is 3. The van der Waals surface area contributed by atoms with Gasteiger partial charge in [-0.15, -0.1) is 0 Å². The summed E-state index contributed by atoms with van der Waals surface area (Å²) in [5, 5.41) is 29.7. The number of halogens is 2. The minimum absolute atomic E-state index is 0.00616. The number of ether oxygens (including phenoxy) is 1. The molecular formula is C28H34F2N6O5S. The van der Waals surface area contributed by atoms with Crippen LogP contribution >= 0.6 is 12.2 Å². The van der Waals surface area contributed by atoms with Gasteiger partial charge in [-0.3, -0.25) is 5.01 Å². The van der Waals surface area contributed by atoms with Crippen molar-refractivity contribution in [2.45, 2.75) is 70.4 Å². The fraction of sp³-hybridized carbons (Fsp3) is 0.393. The van der Waals surface area contributed by atoms with Gasteiger partial charge >= 0.3 is 12.1 Å². The first kappa shape index (κ1) is 32.3. The SMILES string of the molecule is CC(N(NC(=O)OC(C)(C)C)C(=S)NC(C)(Cc1ccccc1)C(=O)O)C(O)(Cn1cncn1)c1ccc(F)cc1F. The molecule has 0 aliphatic rings. The number of aliphatic carboxylic acids is 1. The van der Waals surface area contributed by atoms with Crippen molar-refractivity contribution in [3.63, 3.8) is 0 Å². The van der Waals surface area contributed by atoms with Crippen molar-refractivity contribution >= 4 is 29.4 Å². The highest BCUT2D eigenvalue weighted by atomic mass is 32.1. The molecule has 1 heterocycles. The molecule has 2 aromatic carbocycles. The Morgan fingerprint density at radius 1 is 1.14 bits per heavy atom. The first-order valence-corrected chi connectivity index (χ1v) is 13.3. The van der Waals surface area contributed by atoms with Crippen LogP contribution in [0.5, 0.6) is 0 Å². The Bertz CT molecular complexity index is 1410. The Labute approximate surface area is 247 Å². The van der Waals surface area contributed by atoms with E-state index in [4.69, 9.17) is 17.0 Å². The monoisotopic (exact) mass is 604 g/mol. The van der Waals surface area contributed by atoms with Crippen LogP contribution < -0.4 is 10.7 Å². The third-order valence-electron chi connectivity index (χ3n) is 6.43. The summed E-state index contributed by atoms with van der Waals surface area (Å²) in [5.74, 6) is -3.19. The van der Waals surface area contributed by atoms with Gasteiger partial charge in [0.05, 0.1) is 12.6 Å². The lowest BCUT2D eigenvalue weighted by Gasteiger charge is -2.43. The first-order valence-electron chi connectivity index (χ1n) is 12.9. The molecule has 0 saturated heterocycles. The molecule has 3 atom stereocenters. The van der Waals surface area contributed by atoms with Gasteiger partial charge in [-0.05, 0) is 58.5 Å². The fourth-order valence-electron chi connectivity index (χ4n) is 4.25. The van der Waals surface area contributed by atoms with Gasteiger partial charge < -0.3 is 20.3 Å². The van der Waals surface area contributed by atoms with Gasteiger partial charge in [0.1, 0.15) is 41.0 Å². The molecule has 42 heavy (non-hydrogen) atoms. The summed E-state index contributed by atoms with van der Waals surface area (Å²) < 4.78 is 35.7. The van der Waals surface area contributed by atoms with E-state index in [1.165, 1.54) is 31.2 Å². The molecule has 226 valence electrons. The lowest BCUT2D eigenvalue weighted by Crippen LogP contribution is -2.66. The van der Waals surface area contributed by atoms with Crippen molar-refractivity contribution < 1.29 is 33.3 Å². The van der Waals surface area contributed by atoms with Gasteiger partial charge in [-0.25, -0.2) is 33.5 Å². The second-order valence-electron chi connectivity index (χ2n) is 11.0. The van der Waals surface area contributed by atoms with Gasteiger partial charge in [0.15, 0.2) is 5.11 Å². The number of hydrazine groups is 1. The predicted molar refractivity (Wildman–Crippen MR) is 153 cm³/mol. The number of carbonyl (C=O) groups is 2. The largest absolute Gasteiger partial charge is 0.480 e. The number of amides is 1. The number of carbonyl (C=O) groups excluding carboxylic acids is 1. The van der Waals surface area contributed by atoms with Crippen molar-refractivity contribution in [3.05, 3.63) is 83.9 Å². The van der Waals surface area contributed by atoms with Crippen LogP contribution in [0.1, 0.15) is 45.7 Å². The van der Waals surface area contributed by atoms with E-state index in [0.29, 0.717) is 11.6 Å². The third-order valence-corrected chi connectivity index (χ3v) is 6.73. The van der Waals surface area contributed by atoms with Crippen molar-refractivity contribution in [3.8, 4) is 0 Å². The summed E-state index contributed by atoms with van der Waals surface area (Å²) in [6, 6.07) is 10.1. The highest BCUT2D eigenvalue weighted by Crippen LogP contribution is 2.33. The second-order valence-corrected chi connectivity index (χ2v) is 11.4. The molecule has 11 nitrogen and oxygen atoms in total. The summed E-state index contributed by atoms with van der Waals surface area (Å²) >= 11 is 5.60. The van der Waals surface area contributed by atoms with Crippen molar-refractivity contribution in [2.75, 3.05) is 0 Å². The van der Waals surface area contributed by atoms with Crippen molar-refractivity contribution in [1.29, 1.82) is 0 Å². The van der Waals surface area contributed by atoms with Gasteiger partial charge in [0.25, 0.3) is 0 Å². The van der Waals surface area contributed by atoms with E-state index in [1.807, 2.05) is 0 Å². The second kappa shape index (κ2) is 12.8. The molecule has 4 N–H and O–H groups in total. The molecule has 0 bridgehead atoms. The summed E-state index contributed by atoms with van der Waals surface area (Å²) in [5.41, 5.74) is -2.05. The van der Waals surface area contributed by atoms with E-state index in [0.717, 1.165) is 17.1 Å². The molecule has 0 aliphatic heterocycles. The molecule has 0 radical (unpaired) electrons. The maximum absolute atomic E-state index is 15.2. The van der Waals surface area contributed by atoms with Gasteiger partial charge in [-0.1, -0.05) is 36.4 Å². The number of carboxylic acids is 1. The zero-order valence-corrected chi connectivity index (χ0v) is 24.7. The molecule has 0 aliphatic carbocycles. The van der Waals surface area contributed by atoms with Crippen LogP contribution in [0.2, 0.25) is 0 Å². The van der Waals surface area contributed by atoms with E-state index >= 15 is 4.39 Å². The molecular weight excluding hydrogens is 570 g/mol. The number of benzene rings is 2. The smallest absolute Gasteiger partial charge is 0.426 e. The van der Waals surface area contributed by atoms with Gasteiger partial charge in [0.2, 0.25) is 0 Å². The van der Waals surface area contributed by atoms with Crippen LogP contribution in [0.3, 0.4) is 0 Å². The minimum atomic E-state index is -2.24. The predicted octanol–water partition coefficient (Wildman–Crippen LogP) is 3.53. The van der Waals surface area contributed by atoms with E-state index < -0.39 is 53.0 Å². The maximum atomic E-state index is 15.2. The maximum Gasteiger partial charge on any atom is 0.426 e. The van der Waals surface area contributed by atoms with Crippen LogP contribution in [0.15, 0.2) is 61.2 Å². The molecule has 1 aromatic heterocycles. The molecule has 3 aromatic rings. The van der Waals surface area contributed by atoms with E-state index in [-0.39, 0.29) is 17.1 Å². The molecule has 0 saturated carbocycles. The van der Waals surface area contributed by atoms with Crippen LogP contribution in [0.25, 0.3) is 0 Å². The first-order chi connectivity index (χ1) is 19.5. The quantitative estimate of drug-likeness (QED) is 0.212. The number of carboxylic acid groups (broad SMARTS) is 1. The van der Waals surface area contributed by atoms with Crippen LogP contribution in [-0.4, -0.2) is 64.3 Å². The number of thiocarbonyl (C=S) groups is 1. The molecule has 0 fully saturated rings. The third kappa shape index (κ3) is 7.97. The number of hydrogen-bond acceptors (Lipinski definition) is 7. The van der Waals surface area contributed by atoms with E-state index in [2.05, 4.69) is 20.8 Å². The number of hydrogen-bond donors (Lipinski definition) is 4. The Morgan fingerprint density at radius 2 is 1.81 bits per heavy atom. The highest BCUT2D eigenvalue weighted by molar-refractivity contribution is 7.80. The Balaban J connectivity index is 2.08. The topological polar surface area (TPSA) is 142 Å². The van der Waals surface area contributed by atoms with Crippen LogP contribution in [0, 0.1) is 11.6 Å². The average Bonchev–Trinajstić information content (AvgIpc) is 3.38. The normalized spacial score (nSPS) is 15.0. The zero-order valence-electron chi connectivity index (χ0n) is 23.8. The Hall–Kier alpha value is -4.17. The molecule has 1 amide bonds. The molecule has 14 heteroatoms. The van der Waals surface area contributed by atoms with Gasteiger partial charge in [-0.2, -0.15) is 5.10 Å². The zero-order chi connectivity index (χ0) is 31.3. The van der Waals surface area contributed by atoms with E-state index in [1.54, 1.807) is 51.1 Å². The Morgan fingerprint density at radius 3 is 2.36 bits per heavy atom. The van der Waals surface area contributed by atoms with Crippen LogP contribution in [0.4, 0.5) is 13.6 Å². The minimum Gasteiger partial charge on any atom is -0.480 e. The summed E-state index contributed by atoms with van der Waals surface area (Å²) in [4.78, 5) is 29.3. The lowest BCUT2D eigenvalue weighted by molar-refractivity contribution is -0.143. The van der Waals surface area contributed by atoms with Gasteiger partial charge in [0, 0.05) is 18.1 Å².